The van der Waals surface area contributed by atoms with E-state index in [9.17, 15) is 10.2 Å². The molecule has 0 amide bonds. The summed E-state index contributed by atoms with van der Waals surface area (Å²) in [4.78, 5) is 0. The summed E-state index contributed by atoms with van der Waals surface area (Å²) in [6, 6.07) is 12.8. The molecule has 114 valence electrons. The second-order valence-corrected chi connectivity index (χ2v) is 6.62. The maximum atomic E-state index is 9.80. The van der Waals surface area contributed by atoms with E-state index in [0.29, 0.717) is 17.6 Å². The van der Waals surface area contributed by atoms with Crippen LogP contribution in [0.3, 0.4) is 0 Å². The van der Waals surface area contributed by atoms with Gasteiger partial charge in [0.05, 0.1) is 0 Å². The fourth-order valence-corrected chi connectivity index (χ4v) is 4.28. The number of fused-ring (bicyclic) bond motifs is 3. The number of aromatic hydroxyl groups is 2. The predicted molar refractivity (Wildman–Crippen MR) is 84.3 cm³/mol. The molecular weight excluding hydrogens is 276 g/mol. The predicted octanol–water partition coefficient (Wildman–Crippen LogP) is 4.29. The first kappa shape index (κ1) is 13.5. The van der Waals surface area contributed by atoms with Gasteiger partial charge in [0.2, 0.25) is 0 Å². The Kier molecular flexibility index (Phi) is 2.86. The van der Waals surface area contributed by atoms with Gasteiger partial charge in [-0.15, -0.1) is 0 Å². The molecule has 1 heterocycles. The Hall–Kier alpha value is -2.16. The molecule has 3 nitrogen and oxygen atoms in total. The Bertz CT molecular complexity index is 707. The first-order chi connectivity index (χ1) is 10.6. The molecule has 2 aromatic rings. The summed E-state index contributed by atoms with van der Waals surface area (Å²) in [6.45, 7) is 2.15. The van der Waals surface area contributed by atoms with E-state index in [2.05, 4.69) is 6.92 Å². The quantitative estimate of drug-likeness (QED) is 0.825. The molecule has 2 aliphatic rings. The molecule has 1 fully saturated rings. The lowest BCUT2D eigenvalue weighted by Crippen LogP contribution is -2.42. The molecule has 0 unspecified atom stereocenters. The fourth-order valence-electron chi connectivity index (χ4n) is 4.28. The maximum Gasteiger partial charge on any atom is 0.135 e. The molecule has 22 heavy (non-hydrogen) atoms. The van der Waals surface area contributed by atoms with Crippen LogP contribution < -0.4 is 4.74 Å². The number of hydrogen-bond acceptors (Lipinski definition) is 3. The van der Waals surface area contributed by atoms with Crippen molar-refractivity contribution in [1.29, 1.82) is 0 Å². The lowest BCUT2D eigenvalue weighted by Gasteiger charge is -2.44. The van der Waals surface area contributed by atoms with Crippen LogP contribution in [0.2, 0.25) is 0 Å². The Balaban J connectivity index is 1.84. The summed E-state index contributed by atoms with van der Waals surface area (Å²) < 4.78 is 6.42. The van der Waals surface area contributed by atoms with Crippen LogP contribution in [-0.4, -0.2) is 10.2 Å². The van der Waals surface area contributed by atoms with Gasteiger partial charge in [-0.05, 0) is 61.6 Å². The van der Waals surface area contributed by atoms with E-state index in [1.807, 2.05) is 24.3 Å². The molecule has 0 spiro atoms. The molecule has 2 aromatic carbocycles. The summed E-state index contributed by atoms with van der Waals surface area (Å²) >= 11 is 0. The minimum atomic E-state index is -0.390. The average Bonchev–Trinajstić information content (AvgIpc) is 3.00. The van der Waals surface area contributed by atoms with Crippen molar-refractivity contribution in [1.82, 2.24) is 0 Å². The van der Waals surface area contributed by atoms with E-state index in [4.69, 9.17) is 4.74 Å². The normalized spacial score (nSPS) is 29.5. The zero-order valence-electron chi connectivity index (χ0n) is 12.6. The van der Waals surface area contributed by atoms with Crippen LogP contribution in [0.25, 0.3) is 0 Å². The van der Waals surface area contributed by atoms with E-state index in [0.717, 1.165) is 29.7 Å². The second kappa shape index (κ2) is 4.67. The van der Waals surface area contributed by atoms with Crippen LogP contribution in [0.1, 0.15) is 43.2 Å². The molecule has 0 bridgehead atoms. The topological polar surface area (TPSA) is 49.7 Å². The molecule has 0 aromatic heterocycles. The maximum absolute atomic E-state index is 9.80. The highest BCUT2D eigenvalue weighted by molar-refractivity contribution is 5.47. The van der Waals surface area contributed by atoms with Gasteiger partial charge in [-0.1, -0.05) is 18.6 Å². The summed E-state index contributed by atoms with van der Waals surface area (Å²) in [6.07, 6.45) is 3.44. The Morgan fingerprint density at radius 1 is 1.00 bits per heavy atom. The van der Waals surface area contributed by atoms with Gasteiger partial charge in [0.25, 0.3) is 0 Å². The third-order valence-corrected chi connectivity index (χ3v) is 5.38. The third kappa shape index (κ3) is 1.88. The third-order valence-electron chi connectivity index (χ3n) is 5.38. The van der Waals surface area contributed by atoms with Crippen LogP contribution in [0, 0.1) is 5.92 Å². The fraction of sp³-hybridized carbons (Fsp3) is 0.368. The van der Waals surface area contributed by atoms with Crippen molar-refractivity contribution >= 4 is 0 Å². The Morgan fingerprint density at radius 2 is 1.73 bits per heavy atom. The molecule has 0 radical (unpaired) electrons. The number of phenolic OH excluding ortho intramolecular Hbond substituents is 2. The van der Waals surface area contributed by atoms with Gasteiger partial charge in [0.1, 0.15) is 22.8 Å². The standard InChI is InChI=1S/C19H20O3/c1-19(12-5-7-13(20)8-6-12)17-4-2-3-15(17)16-11-14(21)9-10-18(16)22-19/h5-11,15,17,20-21H,2-4H2,1H3/t15-,17-,19+/m0/s1. The zero-order valence-corrected chi connectivity index (χ0v) is 12.6. The molecule has 3 atom stereocenters. The van der Waals surface area contributed by atoms with E-state index in [1.54, 1.807) is 18.2 Å². The average molecular weight is 296 g/mol. The molecular formula is C19H20O3. The van der Waals surface area contributed by atoms with Crippen molar-refractivity contribution in [3.8, 4) is 17.2 Å². The van der Waals surface area contributed by atoms with Crippen molar-refractivity contribution < 1.29 is 14.9 Å². The SMILES string of the molecule is C[C@]1(c2ccc(O)cc2)Oc2ccc(O)cc2[C@@H]2CCC[C@@H]21. The zero-order chi connectivity index (χ0) is 15.3. The second-order valence-electron chi connectivity index (χ2n) is 6.62. The molecule has 2 N–H and O–H groups in total. The summed E-state index contributed by atoms with van der Waals surface area (Å²) in [7, 11) is 0. The van der Waals surface area contributed by atoms with E-state index < -0.39 is 5.60 Å². The summed E-state index contributed by atoms with van der Waals surface area (Å²) in [5.74, 6) is 2.27. The van der Waals surface area contributed by atoms with Gasteiger partial charge < -0.3 is 14.9 Å². The molecule has 4 rings (SSSR count). The number of ether oxygens (including phenoxy) is 1. The van der Waals surface area contributed by atoms with Crippen LogP contribution >= 0.6 is 0 Å². The van der Waals surface area contributed by atoms with Crippen LogP contribution in [0.4, 0.5) is 0 Å². The molecule has 3 heteroatoms. The van der Waals surface area contributed by atoms with Gasteiger partial charge >= 0.3 is 0 Å². The number of hydrogen-bond donors (Lipinski definition) is 2. The van der Waals surface area contributed by atoms with Gasteiger partial charge in [0, 0.05) is 11.5 Å². The first-order valence-electron chi connectivity index (χ1n) is 7.89. The van der Waals surface area contributed by atoms with E-state index in [1.165, 1.54) is 6.42 Å². The smallest absolute Gasteiger partial charge is 0.135 e. The van der Waals surface area contributed by atoms with Crippen molar-refractivity contribution in [3.05, 3.63) is 53.6 Å². The number of phenols is 2. The highest BCUT2D eigenvalue weighted by atomic mass is 16.5. The highest BCUT2D eigenvalue weighted by Crippen LogP contribution is 2.56. The van der Waals surface area contributed by atoms with E-state index >= 15 is 0 Å². The highest BCUT2D eigenvalue weighted by Gasteiger charge is 2.49. The minimum Gasteiger partial charge on any atom is -0.508 e. The molecule has 1 aliphatic heterocycles. The largest absolute Gasteiger partial charge is 0.508 e. The van der Waals surface area contributed by atoms with E-state index in [-0.39, 0.29) is 5.75 Å². The van der Waals surface area contributed by atoms with Crippen molar-refractivity contribution in [2.24, 2.45) is 5.92 Å². The molecule has 1 saturated carbocycles. The summed E-state index contributed by atoms with van der Waals surface area (Å²) in [5, 5.41) is 19.3. The molecule has 0 saturated heterocycles. The first-order valence-corrected chi connectivity index (χ1v) is 7.89. The monoisotopic (exact) mass is 296 g/mol. The lowest BCUT2D eigenvalue weighted by molar-refractivity contribution is -0.00177. The van der Waals surface area contributed by atoms with Crippen molar-refractivity contribution in [2.75, 3.05) is 0 Å². The van der Waals surface area contributed by atoms with Crippen LogP contribution in [0.5, 0.6) is 17.2 Å². The van der Waals surface area contributed by atoms with Crippen molar-refractivity contribution in [3.63, 3.8) is 0 Å². The minimum absolute atomic E-state index is 0.274. The van der Waals surface area contributed by atoms with Crippen LogP contribution in [0.15, 0.2) is 42.5 Å². The Morgan fingerprint density at radius 3 is 2.50 bits per heavy atom. The number of rotatable bonds is 1. The lowest BCUT2D eigenvalue weighted by atomic mass is 9.72. The molecule has 1 aliphatic carbocycles. The Labute approximate surface area is 130 Å². The van der Waals surface area contributed by atoms with Gasteiger partial charge in [-0.3, -0.25) is 0 Å². The van der Waals surface area contributed by atoms with Gasteiger partial charge in [-0.25, -0.2) is 0 Å². The number of benzene rings is 2. The van der Waals surface area contributed by atoms with Crippen LogP contribution in [-0.2, 0) is 5.60 Å². The van der Waals surface area contributed by atoms with Gasteiger partial charge in [0.15, 0.2) is 0 Å². The summed E-state index contributed by atoms with van der Waals surface area (Å²) in [5.41, 5.74) is 1.85. The van der Waals surface area contributed by atoms with Crippen molar-refractivity contribution in [2.45, 2.75) is 37.7 Å². The van der Waals surface area contributed by atoms with Gasteiger partial charge in [-0.2, -0.15) is 0 Å².